The number of aliphatic hydroxyl groups excluding tert-OH is 2. The van der Waals surface area contributed by atoms with Crippen molar-refractivity contribution in [3.8, 4) is 0 Å². The van der Waals surface area contributed by atoms with Gasteiger partial charge in [0.15, 0.2) is 0 Å². The van der Waals surface area contributed by atoms with Gasteiger partial charge < -0.3 is 20.1 Å². The first-order valence-corrected chi connectivity index (χ1v) is 5.70. The maximum absolute atomic E-state index is 9.27. The molecule has 1 atom stereocenters. The Kier molecular flexibility index (Phi) is 3.36. The summed E-state index contributed by atoms with van der Waals surface area (Å²) in [6.45, 7) is 2.22. The maximum atomic E-state index is 9.27. The highest BCUT2D eigenvalue weighted by Crippen LogP contribution is 2.23. The summed E-state index contributed by atoms with van der Waals surface area (Å²) in [6, 6.07) is 6.10. The van der Waals surface area contributed by atoms with Crippen LogP contribution in [0.5, 0.6) is 0 Å². The lowest BCUT2D eigenvalue weighted by Gasteiger charge is -2.10. The zero-order chi connectivity index (χ0) is 12.4. The SMILES string of the molecule is Cc1cn(C)c2cc(NCC(O)CO)ccc12. The third-order valence-corrected chi connectivity index (χ3v) is 2.94. The van der Waals surface area contributed by atoms with Crippen molar-refractivity contribution in [3.63, 3.8) is 0 Å². The van der Waals surface area contributed by atoms with Gasteiger partial charge in [0.1, 0.15) is 0 Å². The van der Waals surface area contributed by atoms with Crippen molar-refractivity contribution in [3.05, 3.63) is 30.0 Å². The van der Waals surface area contributed by atoms with E-state index in [1.54, 1.807) is 0 Å². The fraction of sp³-hybridized carbons (Fsp3) is 0.385. The lowest BCUT2D eigenvalue weighted by atomic mass is 10.2. The van der Waals surface area contributed by atoms with Gasteiger partial charge in [0.05, 0.1) is 18.2 Å². The minimum absolute atomic E-state index is 0.224. The van der Waals surface area contributed by atoms with Crippen LogP contribution in [-0.2, 0) is 7.05 Å². The van der Waals surface area contributed by atoms with Crippen LogP contribution in [0.4, 0.5) is 5.69 Å². The first-order chi connectivity index (χ1) is 8.11. The Labute approximate surface area is 100 Å². The minimum Gasteiger partial charge on any atom is -0.394 e. The van der Waals surface area contributed by atoms with Crippen molar-refractivity contribution in [2.24, 2.45) is 7.05 Å². The Morgan fingerprint density at radius 2 is 2.18 bits per heavy atom. The number of hydrogen-bond acceptors (Lipinski definition) is 3. The average molecular weight is 234 g/mol. The van der Waals surface area contributed by atoms with Gasteiger partial charge in [-0.2, -0.15) is 0 Å². The van der Waals surface area contributed by atoms with E-state index in [1.807, 2.05) is 19.2 Å². The second kappa shape index (κ2) is 4.77. The van der Waals surface area contributed by atoms with Crippen molar-refractivity contribution in [2.45, 2.75) is 13.0 Å². The van der Waals surface area contributed by atoms with E-state index in [2.05, 4.69) is 29.1 Å². The molecule has 0 aliphatic carbocycles. The first kappa shape index (κ1) is 12.0. The quantitative estimate of drug-likeness (QED) is 0.746. The first-order valence-electron chi connectivity index (χ1n) is 5.70. The van der Waals surface area contributed by atoms with Crippen molar-refractivity contribution < 1.29 is 10.2 Å². The second-order valence-corrected chi connectivity index (χ2v) is 4.37. The molecular formula is C13H18N2O2. The third kappa shape index (κ3) is 2.43. The van der Waals surface area contributed by atoms with E-state index in [4.69, 9.17) is 5.11 Å². The normalized spacial score (nSPS) is 12.9. The van der Waals surface area contributed by atoms with Gasteiger partial charge in [-0.15, -0.1) is 0 Å². The van der Waals surface area contributed by atoms with Crippen LogP contribution in [0.15, 0.2) is 24.4 Å². The number of aliphatic hydroxyl groups is 2. The Balaban J connectivity index is 2.22. The van der Waals surface area contributed by atoms with Gasteiger partial charge >= 0.3 is 0 Å². The molecule has 17 heavy (non-hydrogen) atoms. The van der Waals surface area contributed by atoms with Gasteiger partial charge in [-0.3, -0.25) is 0 Å². The summed E-state index contributed by atoms with van der Waals surface area (Å²) in [7, 11) is 2.02. The van der Waals surface area contributed by atoms with E-state index < -0.39 is 6.10 Å². The predicted octanol–water partition coefficient (Wildman–Crippen LogP) is 1.25. The number of benzene rings is 1. The Morgan fingerprint density at radius 3 is 2.88 bits per heavy atom. The number of anilines is 1. The van der Waals surface area contributed by atoms with Crippen LogP contribution in [0.1, 0.15) is 5.56 Å². The van der Waals surface area contributed by atoms with E-state index in [-0.39, 0.29) is 6.61 Å². The molecule has 1 aromatic heterocycles. The topological polar surface area (TPSA) is 57.4 Å². The molecule has 2 rings (SSSR count). The highest BCUT2D eigenvalue weighted by Gasteiger charge is 2.05. The van der Waals surface area contributed by atoms with Crippen LogP contribution in [0.25, 0.3) is 10.9 Å². The molecule has 0 aliphatic rings. The number of nitrogens with one attached hydrogen (secondary N) is 1. The fourth-order valence-electron chi connectivity index (χ4n) is 2.00. The highest BCUT2D eigenvalue weighted by molar-refractivity contribution is 5.86. The van der Waals surface area contributed by atoms with E-state index in [9.17, 15) is 5.11 Å². The van der Waals surface area contributed by atoms with Crippen molar-refractivity contribution in [2.75, 3.05) is 18.5 Å². The zero-order valence-corrected chi connectivity index (χ0v) is 10.1. The van der Waals surface area contributed by atoms with E-state index in [1.165, 1.54) is 10.9 Å². The van der Waals surface area contributed by atoms with Crippen molar-refractivity contribution in [1.82, 2.24) is 4.57 Å². The number of rotatable bonds is 4. The predicted molar refractivity (Wildman–Crippen MR) is 69.2 cm³/mol. The van der Waals surface area contributed by atoms with Gasteiger partial charge in [-0.25, -0.2) is 0 Å². The van der Waals surface area contributed by atoms with Crippen LogP contribution in [0.2, 0.25) is 0 Å². The molecule has 1 aromatic carbocycles. The van der Waals surface area contributed by atoms with Gasteiger partial charge in [0, 0.05) is 30.9 Å². The molecule has 0 radical (unpaired) electrons. The van der Waals surface area contributed by atoms with Gasteiger partial charge in [0.25, 0.3) is 0 Å². The molecule has 0 amide bonds. The van der Waals surface area contributed by atoms with E-state index >= 15 is 0 Å². The molecule has 2 aromatic rings. The molecule has 0 saturated heterocycles. The standard InChI is InChI=1S/C13H18N2O2/c1-9-7-15(2)13-5-10(3-4-12(9)13)14-6-11(17)8-16/h3-5,7,11,14,16-17H,6,8H2,1-2H3. The van der Waals surface area contributed by atoms with Crippen LogP contribution in [-0.4, -0.2) is 34.0 Å². The lowest BCUT2D eigenvalue weighted by Crippen LogP contribution is -2.22. The van der Waals surface area contributed by atoms with Crippen LogP contribution >= 0.6 is 0 Å². The van der Waals surface area contributed by atoms with E-state index in [0.29, 0.717) is 6.54 Å². The summed E-state index contributed by atoms with van der Waals surface area (Å²) in [5, 5.41) is 22.3. The van der Waals surface area contributed by atoms with Crippen molar-refractivity contribution in [1.29, 1.82) is 0 Å². The Bertz CT molecular complexity index is 519. The van der Waals surface area contributed by atoms with Gasteiger partial charge in [-0.1, -0.05) is 6.07 Å². The zero-order valence-electron chi connectivity index (χ0n) is 10.1. The summed E-state index contributed by atoms with van der Waals surface area (Å²) in [4.78, 5) is 0. The second-order valence-electron chi connectivity index (χ2n) is 4.37. The summed E-state index contributed by atoms with van der Waals surface area (Å²) < 4.78 is 2.08. The number of aryl methyl sites for hydroxylation is 2. The Hall–Kier alpha value is -1.52. The van der Waals surface area contributed by atoms with E-state index in [0.717, 1.165) is 11.2 Å². The fourth-order valence-corrected chi connectivity index (χ4v) is 2.00. The number of fused-ring (bicyclic) bond motifs is 1. The third-order valence-electron chi connectivity index (χ3n) is 2.94. The average Bonchev–Trinajstić information content (AvgIpc) is 2.62. The molecule has 0 saturated carbocycles. The molecule has 4 nitrogen and oxygen atoms in total. The number of hydrogen-bond donors (Lipinski definition) is 3. The molecule has 0 bridgehead atoms. The maximum Gasteiger partial charge on any atom is 0.0942 e. The molecule has 3 N–H and O–H groups in total. The smallest absolute Gasteiger partial charge is 0.0942 e. The molecule has 0 fully saturated rings. The minimum atomic E-state index is -0.721. The molecule has 0 aliphatic heterocycles. The van der Waals surface area contributed by atoms with Crippen molar-refractivity contribution >= 4 is 16.6 Å². The highest BCUT2D eigenvalue weighted by atomic mass is 16.3. The molecule has 92 valence electrons. The molecule has 0 spiro atoms. The van der Waals surface area contributed by atoms with Gasteiger partial charge in [-0.05, 0) is 24.6 Å². The molecule has 1 heterocycles. The monoisotopic (exact) mass is 234 g/mol. The molecule has 4 heteroatoms. The summed E-state index contributed by atoms with van der Waals surface area (Å²) in [5.74, 6) is 0. The summed E-state index contributed by atoms with van der Waals surface area (Å²) >= 11 is 0. The molecular weight excluding hydrogens is 216 g/mol. The van der Waals surface area contributed by atoms with Crippen LogP contribution in [0, 0.1) is 6.92 Å². The summed E-state index contributed by atoms with van der Waals surface area (Å²) in [6.07, 6.45) is 1.37. The summed E-state index contributed by atoms with van der Waals surface area (Å²) in [5.41, 5.74) is 3.36. The van der Waals surface area contributed by atoms with Gasteiger partial charge in [0.2, 0.25) is 0 Å². The van der Waals surface area contributed by atoms with Crippen LogP contribution in [0.3, 0.4) is 0 Å². The number of aromatic nitrogens is 1. The largest absolute Gasteiger partial charge is 0.394 e. The Morgan fingerprint density at radius 1 is 1.41 bits per heavy atom. The lowest BCUT2D eigenvalue weighted by molar-refractivity contribution is 0.105. The number of nitrogens with zero attached hydrogens (tertiary/aromatic N) is 1. The van der Waals surface area contributed by atoms with Crippen LogP contribution < -0.4 is 5.32 Å². The molecule has 1 unspecified atom stereocenters.